The van der Waals surface area contributed by atoms with E-state index < -0.39 is 5.97 Å². The minimum absolute atomic E-state index is 0.0440. The van der Waals surface area contributed by atoms with Gasteiger partial charge in [0.1, 0.15) is 18.8 Å². The van der Waals surface area contributed by atoms with Gasteiger partial charge >= 0.3 is 5.97 Å². The molecule has 0 radical (unpaired) electrons. The summed E-state index contributed by atoms with van der Waals surface area (Å²) in [5.41, 5.74) is 1.33. The van der Waals surface area contributed by atoms with Crippen molar-refractivity contribution in [2.24, 2.45) is 0 Å². The maximum Gasteiger partial charge on any atom is 0.325 e. The third kappa shape index (κ3) is 4.81. The molecule has 1 amide bonds. The average molecular weight is 340 g/mol. The van der Waals surface area contributed by atoms with Gasteiger partial charge in [0.2, 0.25) is 11.7 Å². The first kappa shape index (κ1) is 16.5. The zero-order valence-corrected chi connectivity index (χ0v) is 13.3. The molecule has 0 aliphatic heterocycles. The van der Waals surface area contributed by atoms with Gasteiger partial charge in [-0.1, -0.05) is 35.5 Å². The summed E-state index contributed by atoms with van der Waals surface area (Å²) < 4.78 is 15.3. The van der Waals surface area contributed by atoms with Crippen LogP contribution < -0.4 is 5.32 Å². The second-order valence-corrected chi connectivity index (χ2v) is 5.26. The Labute approximate surface area is 143 Å². The number of nitrogens with one attached hydrogen (secondary N) is 1. The number of hydrogen-bond acceptors (Lipinski definition) is 6. The summed E-state index contributed by atoms with van der Waals surface area (Å²) in [6.07, 6.45) is 1.74. The third-order valence-electron chi connectivity index (χ3n) is 3.34. The highest BCUT2D eigenvalue weighted by atomic mass is 16.5. The number of carbonyl (C=O) groups excluding carboxylic acids is 2. The maximum atomic E-state index is 11.8. The molecule has 0 fully saturated rings. The highest BCUT2D eigenvalue weighted by Gasteiger charge is 2.12. The molecule has 0 saturated heterocycles. The highest BCUT2D eigenvalue weighted by Crippen LogP contribution is 2.20. The van der Waals surface area contributed by atoms with Crippen LogP contribution in [0.5, 0.6) is 0 Å². The summed E-state index contributed by atoms with van der Waals surface area (Å²) in [4.78, 5) is 23.5. The fraction of sp³-hybridized carbons (Fsp3) is 0.167. The number of esters is 1. The number of furan rings is 1. The SMILES string of the molecule is O=C(Cc1ccccc1)NCC(=O)OCc1cc(-c2ccco2)on1. The van der Waals surface area contributed by atoms with Gasteiger partial charge in [0.15, 0.2) is 5.76 Å². The van der Waals surface area contributed by atoms with Crippen LogP contribution in [0.15, 0.2) is 63.7 Å². The molecule has 0 spiro atoms. The lowest BCUT2D eigenvalue weighted by atomic mass is 10.1. The molecule has 1 N–H and O–H groups in total. The van der Waals surface area contributed by atoms with Crippen molar-refractivity contribution in [3.8, 4) is 11.5 Å². The predicted molar refractivity (Wildman–Crippen MR) is 87.2 cm³/mol. The summed E-state index contributed by atoms with van der Waals surface area (Å²) in [6, 6.07) is 14.4. The van der Waals surface area contributed by atoms with Crippen molar-refractivity contribution in [1.29, 1.82) is 0 Å². The van der Waals surface area contributed by atoms with Gasteiger partial charge in [-0.05, 0) is 17.7 Å². The van der Waals surface area contributed by atoms with Crippen molar-refractivity contribution in [2.45, 2.75) is 13.0 Å². The van der Waals surface area contributed by atoms with E-state index in [1.165, 1.54) is 6.26 Å². The minimum Gasteiger partial charge on any atom is -0.461 e. The molecule has 0 atom stereocenters. The van der Waals surface area contributed by atoms with Gasteiger partial charge in [0.05, 0.1) is 12.7 Å². The molecule has 7 nitrogen and oxygen atoms in total. The number of rotatable bonds is 7. The Bertz CT molecular complexity index is 824. The number of hydrogen-bond donors (Lipinski definition) is 1. The fourth-order valence-electron chi connectivity index (χ4n) is 2.13. The van der Waals surface area contributed by atoms with Gasteiger partial charge in [-0.2, -0.15) is 0 Å². The zero-order chi connectivity index (χ0) is 17.5. The van der Waals surface area contributed by atoms with Crippen LogP contribution in [0, 0.1) is 0 Å². The van der Waals surface area contributed by atoms with Crippen LogP contribution in [0.4, 0.5) is 0 Å². The number of amides is 1. The standard InChI is InChI=1S/C18H16N2O5/c21-17(9-13-5-2-1-3-6-13)19-11-18(22)24-12-14-10-16(25-20-14)15-7-4-8-23-15/h1-8,10H,9,11-12H2,(H,19,21). The van der Waals surface area contributed by atoms with Crippen LogP contribution in [-0.2, 0) is 27.4 Å². The van der Waals surface area contributed by atoms with Crippen LogP contribution in [0.3, 0.4) is 0 Å². The van der Waals surface area contributed by atoms with Crippen molar-refractivity contribution in [3.05, 3.63) is 66.1 Å². The van der Waals surface area contributed by atoms with Gasteiger partial charge in [0.25, 0.3) is 0 Å². The van der Waals surface area contributed by atoms with Gasteiger partial charge in [-0.15, -0.1) is 0 Å². The van der Waals surface area contributed by atoms with Gasteiger partial charge in [-0.3, -0.25) is 9.59 Å². The van der Waals surface area contributed by atoms with Gasteiger partial charge in [-0.25, -0.2) is 0 Å². The molecule has 3 aromatic rings. The Kier molecular flexibility index (Phi) is 5.26. The van der Waals surface area contributed by atoms with E-state index in [1.807, 2.05) is 30.3 Å². The summed E-state index contributed by atoms with van der Waals surface area (Å²) >= 11 is 0. The minimum atomic E-state index is -0.552. The van der Waals surface area contributed by atoms with Crippen molar-refractivity contribution in [1.82, 2.24) is 10.5 Å². The number of nitrogens with zero attached hydrogens (tertiary/aromatic N) is 1. The summed E-state index contributed by atoms with van der Waals surface area (Å²) in [5, 5.41) is 6.32. The second kappa shape index (κ2) is 7.96. The van der Waals surface area contributed by atoms with E-state index in [0.29, 0.717) is 17.2 Å². The van der Waals surface area contributed by atoms with E-state index in [-0.39, 0.29) is 25.5 Å². The molecule has 7 heteroatoms. The van der Waals surface area contributed by atoms with Crippen LogP contribution >= 0.6 is 0 Å². The molecule has 3 rings (SSSR count). The van der Waals surface area contributed by atoms with Gasteiger partial charge < -0.3 is 19.0 Å². The van der Waals surface area contributed by atoms with E-state index in [2.05, 4.69) is 10.5 Å². The van der Waals surface area contributed by atoms with Crippen LogP contribution in [-0.4, -0.2) is 23.6 Å². The second-order valence-electron chi connectivity index (χ2n) is 5.26. The lowest BCUT2D eigenvalue weighted by Crippen LogP contribution is -2.31. The zero-order valence-electron chi connectivity index (χ0n) is 13.3. The molecule has 0 aliphatic carbocycles. The van der Waals surface area contributed by atoms with E-state index >= 15 is 0 Å². The molecule has 25 heavy (non-hydrogen) atoms. The first-order chi connectivity index (χ1) is 12.2. The van der Waals surface area contributed by atoms with Crippen LogP contribution in [0.2, 0.25) is 0 Å². The Hall–Kier alpha value is -3.35. The topological polar surface area (TPSA) is 94.6 Å². The summed E-state index contributed by atoms with van der Waals surface area (Å²) in [5.74, 6) is 0.194. The van der Waals surface area contributed by atoms with E-state index in [0.717, 1.165) is 5.56 Å². The monoisotopic (exact) mass is 340 g/mol. The van der Waals surface area contributed by atoms with E-state index in [1.54, 1.807) is 18.2 Å². The summed E-state index contributed by atoms with van der Waals surface area (Å²) in [6.45, 7) is -0.244. The quantitative estimate of drug-likeness (QED) is 0.663. The molecule has 0 bridgehead atoms. The molecular weight excluding hydrogens is 324 g/mol. The molecule has 128 valence electrons. The number of aromatic nitrogens is 1. The Balaban J connectivity index is 1.40. The largest absolute Gasteiger partial charge is 0.461 e. The third-order valence-corrected chi connectivity index (χ3v) is 3.34. The Morgan fingerprint density at radius 2 is 1.92 bits per heavy atom. The highest BCUT2D eigenvalue weighted by molar-refractivity contribution is 5.83. The molecule has 1 aromatic carbocycles. The van der Waals surface area contributed by atoms with Gasteiger partial charge in [0, 0.05) is 6.07 Å². The van der Waals surface area contributed by atoms with E-state index in [4.69, 9.17) is 13.7 Å². The van der Waals surface area contributed by atoms with Crippen molar-refractivity contribution < 1.29 is 23.3 Å². The number of carbonyl (C=O) groups is 2. The molecule has 0 saturated carbocycles. The predicted octanol–water partition coefficient (Wildman–Crippen LogP) is 2.34. The Morgan fingerprint density at radius 1 is 1.08 bits per heavy atom. The number of benzene rings is 1. The Morgan fingerprint density at radius 3 is 2.68 bits per heavy atom. The lowest BCUT2D eigenvalue weighted by Gasteiger charge is -2.05. The van der Waals surface area contributed by atoms with Crippen LogP contribution in [0.25, 0.3) is 11.5 Å². The fourth-order valence-corrected chi connectivity index (χ4v) is 2.13. The van der Waals surface area contributed by atoms with Crippen molar-refractivity contribution in [3.63, 3.8) is 0 Å². The molecule has 0 unspecified atom stereocenters. The number of ether oxygens (including phenoxy) is 1. The van der Waals surface area contributed by atoms with Crippen molar-refractivity contribution >= 4 is 11.9 Å². The first-order valence-electron chi connectivity index (χ1n) is 7.66. The van der Waals surface area contributed by atoms with E-state index in [9.17, 15) is 9.59 Å². The smallest absolute Gasteiger partial charge is 0.325 e. The lowest BCUT2D eigenvalue weighted by molar-refractivity contribution is -0.145. The normalized spacial score (nSPS) is 10.4. The molecule has 2 aromatic heterocycles. The first-order valence-corrected chi connectivity index (χ1v) is 7.66. The summed E-state index contributed by atoms with van der Waals surface area (Å²) in [7, 11) is 0. The molecule has 2 heterocycles. The molecular formula is C18H16N2O5. The average Bonchev–Trinajstić information content (AvgIpc) is 3.30. The van der Waals surface area contributed by atoms with Crippen molar-refractivity contribution in [2.75, 3.05) is 6.54 Å². The maximum absolute atomic E-state index is 11.8. The molecule has 0 aliphatic rings. The van der Waals surface area contributed by atoms with Crippen LogP contribution in [0.1, 0.15) is 11.3 Å².